The van der Waals surface area contributed by atoms with E-state index in [4.69, 9.17) is 10.5 Å². The first-order valence-electron chi connectivity index (χ1n) is 6.72. The second kappa shape index (κ2) is 6.49. The maximum atomic E-state index is 12.4. The molecule has 22 heavy (non-hydrogen) atoms. The lowest BCUT2D eigenvalue weighted by Gasteiger charge is -2.28. The molecule has 0 radical (unpaired) electrons. The van der Waals surface area contributed by atoms with Crippen LogP contribution >= 0.6 is 0 Å². The van der Waals surface area contributed by atoms with E-state index in [2.05, 4.69) is 10.3 Å². The maximum Gasteiger partial charge on any atom is 0.412 e. The molecule has 0 bridgehead atoms. The van der Waals surface area contributed by atoms with E-state index in [1.165, 1.54) is 6.07 Å². The van der Waals surface area contributed by atoms with Crippen LogP contribution in [-0.4, -0.2) is 49.4 Å². The molecule has 1 aliphatic heterocycles. The normalized spacial score (nSPS) is 17.2. The number of nitrogens with zero attached hydrogens (tertiary/aromatic N) is 2. The number of alkyl halides is 3. The average Bonchev–Trinajstić information content (AvgIpc) is 2.48. The molecular weight excluding hydrogens is 301 g/mol. The van der Waals surface area contributed by atoms with Gasteiger partial charge in [0.15, 0.2) is 6.04 Å². The summed E-state index contributed by atoms with van der Waals surface area (Å²) in [6.45, 7) is 4.19. The number of nitrogens with one attached hydrogen (secondary N) is 1. The van der Waals surface area contributed by atoms with Crippen molar-refractivity contribution in [3.8, 4) is 0 Å². The van der Waals surface area contributed by atoms with Crippen LogP contribution in [0.25, 0.3) is 0 Å². The Labute approximate surface area is 125 Å². The predicted molar refractivity (Wildman–Crippen MR) is 74.7 cm³/mol. The Morgan fingerprint density at radius 2 is 2.05 bits per heavy atom. The lowest BCUT2D eigenvalue weighted by Crippen LogP contribution is -2.47. The molecule has 0 saturated carbocycles. The second-order valence-electron chi connectivity index (χ2n) is 4.91. The van der Waals surface area contributed by atoms with Crippen LogP contribution in [0, 0.1) is 6.92 Å². The molecule has 1 aromatic heterocycles. The first kappa shape index (κ1) is 16.5. The minimum Gasteiger partial charge on any atom is -0.378 e. The summed E-state index contributed by atoms with van der Waals surface area (Å²) in [6.07, 6.45) is -4.78. The van der Waals surface area contributed by atoms with Gasteiger partial charge in [-0.2, -0.15) is 13.2 Å². The third kappa shape index (κ3) is 3.86. The Bertz CT molecular complexity index is 545. The summed E-state index contributed by atoms with van der Waals surface area (Å²) in [5, 5.41) is 2.16. The number of carbonyl (C=O) groups is 1. The number of hydrogen-bond acceptors (Lipinski definition) is 5. The van der Waals surface area contributed by atoms with Gasteiger partial charge in [0.05, 0.1) is 24.6 Å². The van der Waals surface area contributed by atoms with E-state index in [-0.39, 0.29) is 5.69 Å². The summed E-state index contributed by atoms with van der Waals surface area (Å²) < 4.78 is 42.4. The number of amides is 1. The van der Waals surface area contributed by atoms with Gasteiger partial charge in [-0.25, -0.2) is 4.98 Å². The molecule has 1 amide bonds. The van der Waals surface area contributed by atoms with Crippen LogP contribution in [-0.2, 0) is 9.53 Å². The van der Waals surface area contributed by atoms with Crippen molar-refractivity contribution in [2.75, 3.05) is 36.5 Å². The van der Waals surface area contributed by atoms with Crippen LogP contribution in [0.1, 0.15) is 5.69 Å². The van der Waals surface area contributed by atoms with Crippen LogP contribution in [0.15, 0.2) is 12.1 Å². The monoisotopic (exact) mass is 318 g/mol. The van der Waals surface area contributed by atoms with Crippen LogP contribution < -0.4 is 16.0 Å². The molecule has 3 N–H and O–H groups in total. The maximum absolute atomic E-state index is 12.4. The van der Waals surface area contributed by atoms with Crippen LogP contribution in [0.3, 0.4) is 0 Å². The van der Waals surface area contributed by atoms with Gasteiger partial charge < -0.3 is 20.7 Å². The predicted octanol–water partition coefficient (Wildman–Crippen LogP) is 1.05. The molecule has 2 rings (SSSR count). The molecule has 0 aliphatic carbocycles. The molecule has 0 spiro atoms. The molecule has 0 unspecified atom stereocenters. The second-order valence-corrected chi connectivity index (χ2v) is 4.91. The molecule has 1 aromatic rings. The van der Waals surface area contributed by atoms with Gasteiger partial charge in [0.2, 0.25) is 0 Å². The first-order valence-corrected chi connectivity index (χ1v) is 6.72. The van der Waals surface area contributed by atoms with E-state index in [0.29, 0.717) is 37.8 Å². The van der Waals surface area contributed by atoms with Gasteiger partial charge in [0, 0.05) is 13.1 Å². The lowest BCUT2D eigenvalue weighted by atomic mass is 10.2. The highest BCUT2D eigenvalue weighted by molar-refractivity contribution is 5.95. The van der Waals surface area contributed by atoms with E-state index in [1.807, 2.05) is 4.90 Å². The van der Waals surface area contributed by atoms with Crippen molar-refractivity contribution < 1.29 is 22.7 Å². The van der Waals surface area contributed by atoms with Gasteiger partial charge in [0.25, 0.3) is 5.91 Å². The zero-order chi connectivity index (χ0) is 16.3. The van der Waals surface area contributed by atoms with Gasteiger partial charge >= 0.3 is 6.18 Å². The van der Waals surface area contributed by atoms with E-state index in [0.717, 1.165) is 0 Å². The fraction of sp³-hybridized carbons (Fsp3) is 0.538. The molecule has 1 atom stereocenters. The van der Waals surface area contributed by atoms with Crippen molar-refractivity contribution in [2.24, 2.45) is 5.73 Å². The van der Waals surface area contributed by atoms with Gasteiger partial charge in [-0.05, 0) is 19.1 Å². The number of aromatic nitrogens is 1. The highest BCUT2D eigenvalue weighted by atomic mass is 19.4. The number of nitrogens with two attached hydrogens (primary N) is 1. The highest BCUT2D eigenvalue weighted by Gasteiger charge is 2.42. The molecule has 1 fully saturated rings. The van der Waals surface area contributed by atoms with E-state index < -0.39 is 18.1 Å². The molecule has 0 aromatic carbocycles. The first-order chi connectivity index (χ1) is 10.3. The zero-order valence-corrected chi connectivity index (χ0v) is 12.0. The van der Waals surface area contributed by atoms with Crippen molar-refractivity contribution in [2.45, 2.75) is 19.1 Å². The quantitative estimate of drug-likeness (QED) is 0.871. The molecule has 6 nitrogen and oxygen atoms in total. The molecule has 1 aliphatic rings. The Hall–Kier alpha value is -1.87. The Morgan fingerprint density at radius 1 is 1.41 bits per heavy atom. The summed E-state index contributed by atoms with van der Waals surface area (Å²) in [6, 6.07) is 0.604. The van der Waals surface area contributed by atoms with Gasteiger partial charge in [0.1, 0.15) is 5.82 Å². The van der Waals surface area contributed by atoms with Crippen molar-refractivity contribution in [1.82, 2.24) is 4.98 Å². The number of carbonyl (C=O) groups excluding carboxylic acids is 1. The van der Waals surface area contributed by atoms with Crippen molar-refractivity contribution >= 4 is 17.4 Å². The minimum atomic E-state index is -4.78. The number of rotatable bonds is 3. The standard InChI is InChI=1S/C13H17F3N4O2/c1-8-9(19-12(21)11(17)13(14,15)16)2-3-10(18-8)20-4-6-22-7-5-20/h2-3,11H,4-7,17H2,1H3,(H,19,21)/t11-/m1/s1. The molecule has 9 heteroatoms. The number of ether oxygens (including phenoxy) is 1. The number of anilines is 2. The third-order valence-corrected chi connectivity index (χ3v) is 3.30. The number of pyridine rings is 1. The smallest absolute Gasteiger partial charge is 0.378 e. The topological polar surface area (TPSA) is 80.5 Å². The van der Waals surface area contributed by atoms with E-state index in [9.17, 15) is 18.0 Å². The molecular formula is C13H17F3N4O2. The van der Waals surface area contributed by atoms with E-state index >= 15 is 0 Å². The zero-order valence-electron chi connectivity index (χ0n) is 12.0. The lowest BCUT2D eigenvalue weighted by molar-refractivity contribution is -0.159. The highest BCUT2D eigenvalue weighted by Crippen LogP contribution is 2.22. The molecule has 122 valence electrons. The Kier molecular flexibility index (Phi) is 4.87. The largest absolute Gasteiger partial charge is 0.412 e. The summed E-state index contributed by atoms with van der Waals surface area (Å²) in [4.78, 5) is 17.8. The van der Waals surface area contributed by atoms with E-state index in [1.54, 1.807) is 13.0 Å². The average molecular weight is 318 g/mol. The summed E-state index contributed by atoms with van der Waals surface area (Å²) >= 11 is 0. The van der Waals surface area contributed by atoms with Crippen LogP contribution in [0.2, 0.25) is 0 Å². The molecule has 1 saturated heterocycles. The summed E-state index contributed by atoms with van der Waals surface area (Å²) in [5.74, 6) is -0.615. The third-order valence-electron chi connectivity index (χ3n) is 3.30. The summed E-state index contributed by atoms with van der Waals surface area (Å²) in [5.41, 5.74) is 5.49. The van der Waals surface area contributed by atoms with Gasteiger partial charge in [-0.15, -0.1) is 0 Å². The fourth-order valence-corrected chi connectivity index (χ4v) is 2.01. The fourth-order valence-electron chi connectivity index (χ4n) is 2.01. The van der Waals surface area contributed by atoms with Crippen LogP contribution in [0.4, 0.5) is 24.7 Å². The summed E-state index contributed by atoms with van der Waals surface area (Å²) in [7, 11) is 0. The van der Waals surface area contributed by atoms with Crippen LogP contribution in [0.5, 0.6) is 0 Å². The Balaban J connectivity index is 2.08. The van der Waals surface area contributed by atoms with Crippen molar-refractivity contribution in [3.63, 3.8) is 0 Å². The van der Waals surface area contributed by atoms with Gasteiger partial charge in [-0.1, -0.05) is 0 Å². The SMILES string of the molecule is Cc1nc(N2CCOCC2)ccc1NC(=O)[C@@H](N)C(F)(F)F. The minimum absolute atomic E-state index is 0.210. The number of halogens is 3. The Morgan fingerprint density at radius 3 is 2.59 bits per heavy atom. The van der Waals surface area contributed by atoms with Crippen molar-refractivity contribution in [3.05, 3.63) is 17.8 Å². The van der Waals surface area contributed by atoms with Crippen molar-refractivity contribution in [1.29, 1.82) is 0 Å². The number of morpholine rings is 1. The number of aryl methyl sites for hydroxylation is 1. The molecule has 2 heterocycles. The number of hydrogen-bond donors (Lipinski definition) is 2. The van der Waals surface area contributed by atoms with Gasteiger partial charge in [-0.3, -0.25) is 4.79 Å².